The number of benzene rings is 1. The fourth-order valence-corrected chi connectivity index (χ4v) is 1.55. The van der Waals surface area contributed by atoms with Crippen LogP contribution in [0.4, 0.5) is 18.9 Å². The molecule has 110 valence electrons. The van der Waals surface area contributed by atoms with Gasteiger partial charge in [-0.05, 0) is 11.5 Å². The Labute approximate surface area is 112 Å². The van der Waals surface area contributed by atoms with Gasteiger partial charge in [-0.25, -0.2) is 0 Å². The number of halogens is 3. The van der Waals surface area contributed by atoms with Crippen molar-refractivity contribution in [3.8, 4) is 0 Å². The number of alkyl halides is 3. The highest BCUT2D eigenvalue weighted by atomic mass is 19.4. The summed E-state index contributed by atoms with van der Waals surface area (Å²) in [6.07, 6.45) is -6.04. The lowest BCUT2D eigenvalue weighted by atomic mass is 10.0. The SMILES string of the molecule is CC(CNC(=O)CC(F)(F)F)c1ccc([N+](=O)[O-])cc1. The van der Waals surface area contributed by atoms with Crippen molar-refractivity contribution in [1.82, 2.24) is 5.32 Å². The average Bonchev–Trinajstić information content (AvgIpc) is 2.34. The van der Waals surface area contributed by atoms with Crippen molar-refractivity contribution in [2.75, 3.05) is 6.54 Å². The predicted octanol–water partition coefficient (Wildman–Crippen LogP) is 2.77. The molecule has 1 N–H and O–H groups in total. The maximum atomic E-state index is 11.9. The number of nitrogens with one attached hydrogen (secondary N) is 1. The Bertz CT molecular complexity index is 486. The molecule has 1 atom stereocenters. The van der Waals surface area contributed by atoms with E-state index in [0.717, 1.165) is 0 Å². The third kappa shape index (κ3) is 5.25. The van der Waals surface area contributed by atoms with Crippen LogP contribution in [0.1, 0.15) is 24.8 Å². The number of nitrogens with zero attached hydrogens (tertiary/aromatic N) is 1. The number of nitro groups is 1. The van der Waals surface area contributed by atoms with Crippen LogP contribution >= 0.6 is 0 Å². The van der Waals surface area contributed by atoms with Crippen LogP contribution in [0.25, 0.3) is 0 Å². The molecular formula is C12H13F3N2O3. The Hall–Kier alpha value is -2.12. The quantitative estimate of drug-likeness (QED) is 0.669. The summed E-state index contributed by atoms with van der Waals surface area (Å²) in [5.74, 6) is -1.33. The molecule has 20 heavy (non-hydrogen) atoms. The molecule has 8 heteroatoms. The van der Waals surface area contributed by atoms with E-state index in [9.17, 15) is 28.1 Å². The van der Waals surface area contributed by atoms with E-state index in [-0.39, 0.29) is 18.2 Å². The summed E-state index contributed by atoms with van der Waals surface area (Å²) in [6, 6.07) is 5.64. The second-order valence-electron chi connectivity index (χ2n) is 4.35. The van der Waals surface area contributed by atoms with Crippen LogP contribution in [0.5, 0.6) is 0 Å². The van der Waals surface area contributed by atoms with E-state index in [1.807, 2.05) is 0 Å². The molecule has 0 aromatic heterocycles. The van der Waals surface area contributed by atoms with Gasteiger partial charge in [-0.3, -0.25) is 14.9 Å². The van der Waals surface area contributed by atoms with Crippen molar-refractivity contribution in [2.24, 2.45) is 0 Å². The summed E-state index contributed by atoms with van der Waals surface area (Å²) in [4.78, 5) is 20.9. The number of hydrogen-bond donors (Lipinski definition) is 1. The van der Waals surface area contributed by atoms with Gasteiger partial charge in [0, 0.05) is 18.7 Å². The van der Waals surface area contributed by atoms with Gasteiger partial charge in [-0.2, -0.15) is 13.2 Å². The number of amides is 1. The van der Waals surface area contributed by atoms with Crippen molar-refractivity contribution in [3.63, 3.8) is 0 Å². The fraction of sp³-hybridized carbons (Fsp3) is 0.417. The van der Waals surface area contributed by atoms with Gasteiger partial charge in [0.05, 0.1) is 4.92 Å². The minimum absolute atomic E-state index is 0.0344. The van der Waals surface area contributed by atoms with E-state index in [4.69, 9.17) is 0 Å². The molecule has 0 fully saturated rings. The Balaban J connectivity index is 2.52. The summed E-state index contributed by atoms with van der Waals surface area (Å²) in [7, 11) is 0. The molecule has 1 aromatic carbocycles. The molecule has 0 aliphatic heterocycles. The van der Waals surface area contributed by atoms with Gasteiger partial charge in [0.1, 0.15) is 6.42 Å². The first-order chi connectivity index (χ1) is 9.19. The van der Waals surface area contributed by atoms with Crippen LogP contribution in [0.2, 0.25) is 0 Å². The molecule has 0 heterocycles. The van der Waals surface area contributed by atoms with E-state index >= 15 is 0 Å². The average molecular weight is 290 g/mol. The van der Waals surface area contributed by atoms with Crippen LogP contribution in [-0.2, 0) is 4.79 Å². The van der Waals surface area contributed by atoms with Gasteiger partial charge in [0.15, 0.2) is 0 Å². The largest absolute Gasteiger partial charge is 0.397 e. The lowest BCUT2D eigenvalue weighted by Gasteiger charge is -2.13. The minimum Gasteiger partial charge on any atom is -0.355 e. The molecule has 0 aliphatic carbocycles. The third-order valence-electron chi connectivity index (χ3n) is 2.64. The third-order valence-corrected chi connectivity index (χ3v) is 2.64. The zero-order valence-electron chi connectivity index (χ0n) is 10.6. The first kappa shape index (κ1) is 15.9. The molecule has 0 aliphatic rings. The van der Waals surface area contributed by atoms with Gasteiger partial charge < -0.3 is 5.32 Å². The normalized spacial score (nSPS) is 12.8. The van der Waals surface area contributed by atoms with E-state index in [2.05, 4.69) is 5.32 Å². The first-order valence-corrected chi connectivity index (χ1v) is 5.77. The minimum atomic E-state index is -4.53. The lowest BCUT2D eigenvalue weighted by Crippen LogP contribution is -2.31. The van der Waals surface area contributed by atoms with E-state index in [0.29, 0.717) is 5.56 Å². The molecule has 1 unspecified atom stereocenters. The zero-order valence-corrected chi connectivity index (χ0v) is 10.6. The second kappa shape index (κ2) is 6.36. The standard InChI is InChI=1S/C12H13F3N2O3/c1-8(7-16-11(18)6-12(13,14)15)9-2-4-10(5-3-9)17(19)20/h2-5,8H,6-7H2,1H3,(H,16,18). The second-order valence-corrected chi connectivity index (χ2v) is 4.35. The lowest BCUT2D eigenvalue weighted by molar-refractivity contribution is -0.384. The van der Waals surface area contributed by atoms with Gasteiger partial charge in [0.2, 0.25) is 5.91 Å². The van der Waals surface area contributed by atoms with Gasteiger partial charge in [-0.1, -0.05) is 19.1 Å². The summed E-state index contributed by atoms with van der Waals surface area (Å²) < 4.78 is 35.8. The highest BCUT2D eigenvalue weighted by molar-refractivity contribution is 5.76. The number of carbonyl (C=O) groups excluding carboxylic acids is 1. The molecule has 5 nitrogen and oxygen atoms in total. The van der Waals surface area contributed by atoms with Crippen LogP contribution in [0.3, 0.4) is 0 Å². The fourth-order valence-electron chi connectivity index (χ4n) is 1.55. The number of rotatable bonds is 5. The summed E-state index contributed by atoms with van der Waals surface area (Å²) in [6.45, 7) is 1.74. The monoisotopic (exact) mass is 290 g/mol. The number of carbonyl (C=O) groups is 1. The van der Waals surface area contributed by atoms with Crippen molar-refractivity contribution < 1.29 is 22.9 Å². The molecule has 0 radical (unpaired) electrons. The summed E-state index contributed by atoms with van der Waals surface area (Å²) in [5.41, 5.74) is 0.630. The van der Waals surface area contributed by atoms with Gasteiger partial charge >= 0.3 is 6.18 Å². The van der Waals surface area contributed by atoms with Crippen LogP contribution in [0.15, 0.2) is 24.3 Å². The number of nitro benzene ring substituents is 1. The Morgan fingerprint density at radius 2 is 1.90 bits per heavy atom. The molecule has 0 bridgehead atoms. The molecule has 0 spiro atoms. The zero-order chi connectivity index (χ0) is 15.3. The maximum absolute atomic E-state index is 11.9. The highest BCUT2D eigenvalue weighted by Crippen LogP contribution is 2.20. The first-order valence-electron chi connectivity index (χ1n) is 5.77. The molecule has 0 saturated heterocycles. The van der Waals surface area contributed by atoms with Crippen LogP contribution < -0.4 is 5.32 Å². The van der Waals surface area contributed by atoms with Crippen molar-refractivity contribution in [1.29, 1.82) is 0 Å². The summed E-state index contributed by atoms with van der Waals surface area (Å²) in [5, 5.41) is 12.7. The molecule has 1 rings (SSSR count). The Morgan fingerprint density at radius 1 is 1.35 bits per heavy atom. The highest BCUT2D eigenvalue weighted by Gasteiger charge is 2.31. The molecular weight excluding hydrogens is 277 g/mol. The number of non-ortho nitro benzene ring substituents is 1. The van der Waals surface area contributed by atoms with Gasteiger partial charge in [-0.15, -0.1) is 0 Å². The van der Waals surface area contributed by atoms with Crippen LogP contribution in [0, 0.1) is 10.1 Å². The molecule has 1 amide bonds. The van der Waals surface area contributed by atoms with Gasteiger partial charge in [0.25, 0.3) is 5.69 Å². The summed E-state index contributed by atoms with van der Waals surface area (Å²) >= 11 is 0. The van der Waals surface area contributed by atoms with E-state index < -0.39 is 23.4 Å². The van der Waals surface area contributed by atoms with Crippen molar-refractivity contribution in [3.05, 3.63) is 39.9 Å². The molecule has 1 aromatic rings. The van der Waals surface area contributed by atoms with E-state index in [1.54, 1.807) is 6.92 Å². The maximum Gasteiger partial charge on any atom is 0.397 e. The van der Waals surface area contributed by atoms with Crippen molar-refractivity contribution in [2.45, 2.75) is 25.4 Å². The van der Waals surface area contributed by atoms with E-state index in [1.165, 1.54) is 24.3 Å². The van der Waals surface area contributed by atoms with Crippen molar-refractivity contribution >= 4 is 11.6 Å². The topological polar surface area (TPSA) is 72.2 Å². The Kier molecular flexibility index (Phi) is 5.06. The Morgan fingerprint density at radius 3 is 2.35 bits per heavy atom. The predicted molar refractivity (Wildman–Crippen MR) is 65.2 cm³/mol. The van der Waals surface area contributed by atoms with Crippen LogP contribution in [-0.4, -0.2) is 23.6 Å². The molecule has 0 saturated carbocycles. The number of hydrogen-bond acceptors (Lipinski definition) is 3. The smallest absolute Gasteiger partial charge is 0.355 e.